The van der Waals surface area contributed by atoms with Crippen LogP contribution in [0.4, 0.5) is 0 Å². The third-order valence-corrected chi connectivity index (χ3v) is 5.14. The Labute approximate surface area is 123 Å². The Hall–Kier alpha value is -0.340. The van der Waals surface area contributed by atoms with Crippen LogP contribution in [0.25, 0.3) is 0 Å². The van der Waals surface area contributed by atoms with Gasteiger partial charge in [0, 0.05) is 9.75 Å². The minimum absolute atomic E-state index is 0.197. The number of thiophene rings is 1. The maximum absolute atomic E-state index is 10.2. The highest BCUT2D eigenvalue weighted by atomic mass is 32.1. The van der Waals surface area contributed by atoms with Crippen LogP contribution in [0.15, 0.2) is 12.1 Å². The molecule has 0 fully saturated rings. The Balaban J connectivity index is 2.29. The van der Waals surface area contributed by atoms with E-state index in [1.807, 2.05) is 0 Å². The first kappa shape index (κ1) is 16.7. The summed E-state index contributed by atoms with van der Waals surface area (Å²) >= 11 is 1.77. The fourth-order valence-electron chi connectivity index (χ4n) is 2.20. The van der Waals surface area contributed by atoms with E-state index in [1.165, 1.54) is 37.0 Å². The van der Waals surface area contributed by atoms with Crippen LogP contribution in [0.5, 0.6) is 0 Å². The second kappa shape index (κ2) is 8.06. The predicted molar refractivity (Wildman–Crippen MR) is 86.0 cm³/mol. The molecule has 0 aliphatic heterocycles. The summed E-state index contributed by atoms with van der Waals surface area (Å²) in [6.07, 6.45) is 8.37. The Kier molecular flexibility index (Phi) is 7.09. The molecule has 1 atom stereocenters. The summed E-state index contributed by atoms with van der Waals surface area (Å²) in [6.45, 7) is 8.92. The van der Waals surface area contributed by atoms with Crippen LogP contribution in [-0.4, -0.2) is 5.11 Å². The van der Waals surface area contributed by atoms with E-state index in [4.69, 9.17) is 0 Å². The normalized spacial score (nSPS) is 13.7. The highest BCUT2D eigenvalue weighted by molar-refractivity contribution is 7.12. The zero-order chi connectivity index (χ0) is 14.3. The maximum atomic E-state index is 10.2. The summed E-state index contributed by atoms with van der Waals surface area (Å²) in [5.74, 6) is 0. The van der Waals surface area contributed by atoms with Crippen LogP contribution in [0, 0.1) is 0 Å². The van der Waals surface area contributed by atoms with Crippen LogP contribution in [0.3, 0.4) is 0 Å². The van der Waals surface area contributed by atoms with Gasteiger partial charge in [-0.3, -0.25) is 0 Å². The van der Waals surface area contributed by atoms with Gasteiger partial charge in [-0.15, -0.1) is 11.3 Å². The van der Waals surface area contributed by atoms with E-state index in [-0.39, 0.29) is 11.5 Å². The van der Waals surface area contributed by atoms with Gasteiger partial charge in [0.25, 0.3) is 0 Å². The molecule has 19 heavy (non-hydrogen) atoms. The lowest BCUT2D eigenvalue weighted by Crippen LogP contribution is -2.07. The first-order valence-corrected chi connectivity index (χ1v) is 8.55. The van der Waals surface area contributed by atoms with Crippen molar-refractivity contribution in [2.24, 2.45) is 0 Å². The van der Waals surface area contributed by atoms with Crippen LogP contribution < -0.4 is 0 Å². The summed E-state index contributed by atoms with van der Waals surface area (Å²) in [5.41, 5.74) is 0.197. The molecule has 0 amide bonds. The third kappa shape index (κ3) is 6.09. The molecular formula is C17H30OS. The van der Waals surface area contributed by atoms with Crippen molar-refractivity contribution in [2.45, 2.75) is 84.2 Å². The van der Waals surface area contributed by atoms with Gasteiger partial charge in [-0.2, -0.15) is 0 Å². The third-order valence-electron chi connectivity index (χ3n) is 3.53. The molecule has 1 unspecified atom stereocenters. The van der Waals surface area contributed by atoms with Crippen LogP contribution in [-0.2, 0) is 5.41 Å². The minimum atomic E-state index is -0.257. The largest absolute Gasteiger partial charge is 0.388 e. The molecule has 110 valence electrons. The second-order valence-electron chi connectivity index (χ2n) is 6.52. The second-order valence-corrected chi connectivity index (χ2v) is 7.64. The first-order chi connectivity index (χ1) is 8.95. The van der Waals surface area contributed by atoms with Gasteiger partial charge in [-0.25, -0.2) is 0 Å². The highest BCUT2D eigenvalue weighted by Crippen LogP contribution is 2.33. The standard InChI is InChI=1S/C17H30OS/c1-5-6-7-8-9-10-11-14(18)15-12-13-16(19-15)17(2,3)4/h12-14,18H,5-11H2,1-4H3. The number of aliphatic hydroxyl groups is 1. The monoisotopic (exact) mass is 282 g/mol. The lowest BCUT2D eigenvalue weighted by Gasteiger charge is -2.15. The Morgan fingerprint density at radius 1 is 1.05 bits per heavy atom. The fraction of sp³-hybridized carbons (Fsp3) is 0.765. The van der Waals surface area contributed by atoms with Gasteiger partial charge >= 0.3 is 0 Å². The molecule has 0 saturated carbocycles. The van der Waals surface area contributed by atoms with E-state index in [0.717, 1.165) is 17.7 Å². The molecule has 1 nitrogen and oxygen atoms in total. The van der Waals surface area contributed by atoms with Crippen molar-refractivity contribution in [3.05, 3.63) is 21.9 Å². The lowest BCUT2D eigenvalue weighted by molar-refractivity contribution is 0.167. The van der Waals surface area contributed by atoms with Crippen molar-refractivity contribution in [3.8, 4) is 0 Å². The quantitative estimate of drug-likeness (QED) is 0.595. The summed E-state index contributed by atoms with van der Waals surface area (Å²) in [4.78, 5) is 2.50. The van der Waals surface area contributed by atoms with Crippen molar-refractivity contribution in [3.63, 3.8) is 0 Å². The first-order valence-electron chi connectivity index (χ1n) is 7.73. The van der Waals surface area contributed by atoms with E-state index >= 15 is 0 Å². The molecule has 0 aliphatic carbocycles. The van der Waals surface area contributed by atoms with Gasteiger partial charge in [-0.1, -0.05) is 66.2 Å². The molecule has 0 bridgehead atoms. The van der Waals surface area contributed by atoms with E-state index in [2.05, 4.69) is 39.8 Å². The van der Waals surface area contributed by atoms with E-state index in [1.54, 1.807) is 11.3 Å². The van der Waals surface area contributed by atoms with Gasteiger partial charge in [0.15, 0.2) is 0 Å². The molecule has 0 aromatic carbocycles. The molecule has 0 spiro atoms. The molecule has 1 heterocycles. The predicted octanol–water partition coefficient (Wildman–Crippen LogP) is 5.83. The lowest BCUT2D eigenvalue weighted by atomic mass is 9.95. The van der Waals surface area contributed by atoms with Crippen molar-refractivity contribution in [1.29, 1.82) is 0 Å². The topological polar surface area (TPSA) is 20.2 Å². The Bertz CT molecular complexity index is 348. The fourth-order valence-corrected chi connectivity index (χ4v) is 3.28. The summed E-state index contributed by atoms with van der Waals surface area (Å²) in [5, 5.41) is 10.2. The van der Waals surface area contributed by atoms with Gasteiger partial charge < -0.3 is 5.11 Å². The molecule has 0 saturated heterocycles. The van der Waals surface area contributed by atoms with Gasteiger partial charge in [0.05, 0.1) is 6.10 Å². The molecule has 2 heteroatoms. The summed E-state index contributed by atoms with van der Waals surface area (Å²) < 4.78 is 0. The molecule has 1 aromatic rings. The average Bonchev–Trinajstić information content (AvgIpc) is 2.82. The number of hydrogen-bond donors (Lipinski definition) is 1. The Morgan fingerprint density at radius 3 is 2.26 bits per heavy atom. The van der Waals surface area contributed by atoms with E-state index in [9.17, 15) is 5.11 Å². The van der Waals surface area contributed by atoms with Crippen molar-refractivity contribution >= 4 is 11.3 Å². The van der Waals surface area contributed by atoms with Crippen LogP contribution >= 0.6 is 11.3 Å². The maximum Gasteiger partial charge on any atom is 0.0882 e. The summed E-state index contributed by atoms with van der Waals surface area (Å²) in [7, 11) is 0. The number of unbranched alkanes of at least 4 members (excludes halogenated alkanes) is 5. The van der Waals surface area contributed by atoms with Crippen LogP contribution in [0.1, 0.15) is 88.5 Å². The molecule has 1 aromatic heterocycles. The van der Waals surface area contributed by atoms with E-state index in [0.29, 0.717) is 0 Å². The zero-order valence-electron chi connectivity index (χ0n) is 13.0. The smallest absolute Gasteiger partial charge is 0.0882 e. The van der Waals surface area contributed by atoms with Gasteiger partial charge in [0.1, 0.15) is 0 Å². The average molecular weight is 282 g/mol. The van der Waals surface area contributed by atoms with Crippen molar-refractivity contribution < 1.29 is 5.11 Å². The molecule has 0 radical (unpaired) electrons. The number of hydrogen-bond acceptors (Lipinski definition) is 2. The Morgan fingerprint density at radius 2 is 1.68 bits per heavy atom. The van der Waals surface area contributed by atoms with Crippen molar-refractivity contribution in [1.82, 2.24) is 0 Å². The SMILES string of the molecule is CCCCCCCCC(O)c1ccc(C(C)(C)C)s1. The molecular weight excluding hydrogens is 252 g/mol. The number of rotatable bonds is 8. The van der Waals surface area contributed by atoms with Crippen molar-refractivity contribution in [2.75, 3.05) is 0 Å². The van der Waals surface area contributed by atoms with Gasteiger partial charge in [-0.05, 0) is 24.0 Å². The minimum Gasteiger partial charge on any atom is -0.388 e. The van der Waals surface area contributed by atoms with Gasteiger partial charge in [0.2, 0.25) is 0 Å². The van der Waals surface area contributed by atoms with Crippen LogP contribution in [0.2, 0.25) is 0 Å². The molecule has 1 rings (SSSR count). The molecule has 1 N–H and O–H groups in total. The highest BCUT2D eigenvalue weighted by Gasteiger charge is 2.18. The molecule has 0 aliphatic rings. The number of aliphatic hydroxyl groups excluding tert-OH is 1. The summed E-state index contributed by atoms with van der Waals surface area (Å²) in [6, 6.07) is 4.28. The zero-order valence-corrected chi connectivity index (χ0v) is 13.9. The van der Waals surface area contributed by atoms with E-state index < -0.39 is 0 Å².